The molecule has 17 heavy (non-hydrogen) atoms. The molecule has 1 unspecified atom stereocenters. The number of benzene rings is 1. The number of likely N-dealkylation sites (N-methyl/N-ethyl adjacent to an activating group) is 1. The molecule has 1 heterocycles. The first-order chi connectivity index (χ1) is 8.17. The fourth-order valence-electron chi connectivity index (χ4n) is 2.12. The Morgan fingerprint density at radius 3 is 2.76 bits per heavy atom. The summed E-state index contributed by atoms with van der Waals surface area (Å²) < 4.78 is 5.35. The predicted octanol–water partition coefficient (Wildman–Crippen LogP) is 1.74. The maximum Gasteiger partial charge on any atom is 0.128 e. The predicted molar refractivity (Wildman–Crippen MR) is 70.3 cm³/mol. The zero-order chi connectivity index (χ0) is 12.4. The smallest absolute Gasteiger partial charge is 0.128 e. The van der Waals surface area contributed by atoms with Crippen LogP contribution in [0.1, 0.15) is 11.7 Å². The second kappa shape index (κ2) is 4.77. The van der Waals surface area contributed by atoms with Crippen molar-refractivity contribution in [3.8, 4) is 5.75 Å². The van der Waals surface area contributed by atoms with Crippen LogP contribution in [0.2, 0.25) is 0 Å². The van der Waals surface area contributed by atoms with Gasteiger partial charge in [-0.1, -0.05) is 6.07 Å². The lowest BCUT2D eigenvalue weighted by Gasteiger charge is -2.21. The molecule has 2 aromatic rings. The number of rotatable bonds is 4. The largest absolute Gasteiger partial charge is 0.496 e. The SMILES string of the molecule is COc1cccc2[nH]c(C(CN)N(C)C)cc12. The van der Waals surface area contributed by atoms with Crippen LogP contribution in [0.5, 0.6) is 5.75 Å². The van der Waals surface area contributed by atoms with E-state index in [1.807, 2.05) is 32.3 Å². The minimum atomic E-state index is 0.201. The van der Waals surface area contributed by atoms with Crippen molar-refractivity contribution >= 4 is 10.9 Å². The Kier molecular flexibility index (Phi) is 3.36. The third-order valence-electron chi connectivity index (χ3n) is 3.07. The number of H-pyrrole nitrogens is 1. The molecule has 3 N–H and O–H groups in total. The van der Waals surface area contributed by atoms with Gasteiger partial charge in [0.25, 0.3) is 0 Å². The molecule has 0 bridgehead atoms. The van der Waals surface area contributed by atoms with Gasteiger partial charge in [-0.25, -0.2) is 0 Å². The van der Waals surface area contributed by atoms with Gasteiger partial charge in [-0.05, 0) is 32.3 Å². The van der Waals surface area contributed by atoms with Crippen LogP contribution in [0.25, 0.3) is 10.9 Å². The number of nitrogens with zero attached hydrogens (tertiary/aromatic N) is 1. The molecule has 1 aromatic carbocycles. The van der Waals surface area contributed by atoms with Gasteiger partial charge in [-0.3, -0.25) is 4.90 Å². The van der Waals surface area contributed by atoms with E-state index in [2.05, 4.69) is 16.0 Å². The molecule has 92 valence electrons. The van der Waals surface area contributed by atoms with Crippen LogP contribution in [-0.2, 0) is 0 Å². The summed E-state index contributed by atoms with van der Waals surface area (Å²) in [5.41, 5.74) is 8.01. The normalized spacial score (nSPS) is 13.2. The summed E-state index contributed by atoms with van der Waals surface area (Å²) in [5.74, 6) is 0.888. The molecule has 4 nitrogen and oxygen atoms in total. The molecule has 2 rings (SSSR count). The minimum absolute atomic E-state index is 0.201. The molecule has 0 saturated carbocycles. The lowest BCUT2D eigenvalue weighted by molar-refractivity contribution is 0.301. The zero-order valence-electron chi connectivity index (χ0n) is 10.5. The van der Waals surface area contributed by atoms with E-state index >= 15 is 0 Å². The number of nitrogens with two attached hydrogens (primary N) is 1. The minimum Gasteiger partial charge on any atom is -0.496 e. The standard InChI is InChI=1S/C13H19N3O/c1-16(2)12(8-14)11-7-9-10(15-11)5-4-6-13(9)17-3/h4-7,12,15H,8,14H2,1-3H3. The van der Waals surface area contributed by atoms with E-state index in [4.69, 9.17) is 10.5 Å². The highest BCUT2D eigenvalue weighted by Gasteiger charge is 2.15. The van der Waals surface area contributed by atoms with Crippen molar-refractivity contribution in [1.82, 2.24) is 9.88 Å². The van der Waals surface area contributed by atoms with Gasteiger partial charge in [-0.2, -0.15) is 0 Å². The highest BCUT2D eigenvalue weighted by atomic mass is 16.5. The summed E-state index contributed by atoms with van der Waals surface area (Å²) in [6, 6.07) is 8.31. The average Bonchev–Trinajstić information content (AvgIpc) is 2.72. The molecule has 0 saturated heterocycles. The fourth-order valence-corrected chi connectivity index (χ4v) is 2.12. The first-order valence-electron chi connectivity index (χ1n) is 5.69. The fraction of sp³-hybridized carbons (Fsp3) is 0.385. The van der Waals surface area contributed by atoms with E-state index in [0.29, 0.717) is 6.54 Å². The van der Waals surface area contributed by atoms with Crippen molar-refractivity contribution in [3.05, 3.63) is 30.0 Å². The van der Waals surface area contributed by atoms with E-state index < -0.39 is 0 Å². The van der Waals surface area contributed by atoms with Gasteiger partial charge in [0.1, 0.15) is 5.75 Å². The van der Waals surface area contributed by atoms with Crippen LogP contribution >= 0.6 is 0 Å². The van der Waals surface area contributed by atoms with Crippen LogP contribution in [0, 0.1) is 0 Å². The van der Waals surface area contributed by atoms with E-state index in [1.165, 1.54) is 0 Å². The summed E-state index contributed by atoms with van der Waals surface area (Å²) in [6.45, 7) is 0.585. The van der Waals surface area contributed by atoms with Crippen LogP contribution < -0.4 is 10.5 Å². The van der Waals surface area contributed by atoms with Crippen molar-refractivity contribution in [2.45, 2.75) is 6.04 Å². The Hall–Kier alpha value is -1.52. The Bertz CT molecular complexity index is 504. The summed E-state index contributed by atoms with van der Waals surface area (Å²) in [5, 5.41) is 1.10. The van der Waals surface area contributed by atoms with Crippen molar-refractivity contribution in [1.29, 1.82) is 0 Å². The molecule has 0 spiro atoms. The maximum absolute atomic E-state index is 5.81. The van der Waals surface area contributed by atoms with Gasteiger partial charge in [0.2, 0.25) is 0 Å². The first-order valence-corrected chi connectivity index (χ1v) is 5.69. The van der Waals surface area contributed by atoms with Crippen molar-refractivity contribution in [2.24, 2.45) is 5.73 Å². The summed E-state index contributed by atoms with van der Waals surface area (Å²) >= 11 is 0. The monoisotopic (exact) mass is 233 g/mol. The number of hydrogen-bond acceptors (Lipinski definition) is 3. The molecule has 4 heteroatoms. The van der Waals surface area contributed by atoms with Crippen LogP contribution in [-0.4, -0.2) is 37.6 Å². The van der Waals surface area contributed by atoms with Gasteiger partial charge >= 0.3 is 0 Å². The molecular formula is C13H19N3O. The van der Waals surface area contributed by atoms with Crippen molar-refractivity contribution < 1.29 is 4.74 Å². The number of nitrogens with one attached hydrogen (secondary N) is 1. The van der Waals surface area contributed by atoms with Gasteiger partial charge < -0.3 is 15.5 Å². The number of ether oxygens (including phenoxy) is 1. The summed E-state index contributed by atoms with van der Waals surface area (Å²) in [6.07, 6.45) is 0. The van der Waals surface area contributed by atoms with E-state index in [9.17, 15) is 0 Å². The Morgan fingerprint density at radius 1 is 1.41 bits per heavy atom. The molecule has 0 aliphatic heterocycles. The number of hydrogen-bond donors (Lipinski definition) is 2. The summed E-state index contributed by atoms with van der Waals surface area (Å²) in [4.78, 5) is 5.51. The topological polar surface area (TPSA) is 54.3 Å². The third-order valence-corrected chi connectivity index (χ3v) is 3.07. The lowest BCUT2D eigenvalue weighted by Crippen LogP contribution is -2.27. The molecule has 0 amide bonds. The molecule has 1 aromatic heterocycles. The average molecular weight is 233 g/mol. The van der Waals surface area contributed by atoms with Crippen molar-refractivity contribution in [2.75, 3.05) is 27.7 Å². The quantitative estimate of drug-likeness (QED) is 0.845. The second-order valence-electron chi connectivity index (χ2n) is 4.36. The van der Waals surface area contributed by atoms with E-state index in [-0.39, 0.29) is 6.04 Å². The maximum atomic E-state index is 5.81. The molecule has 0 aliphatic rings. The third kappa shape index (κ3) is 2.14. The highest BCUT2D eigenvalue weighted by Crippen LogP contribution is 2.29. The van der Waals surface area contributed by atoms with Gasteiger partial charge in [0, 0.05) is 23.1 Å². The van der Waals surface area contributed by atoms with Gasteiger partial charge in [0.15, 0.2) is 0 Å². The zero-order valence-corrected chi connectivity index (χ0v) is 10.5. The van der Waals surface area contributed by atoms with Gasteiger partial charge in [0.05, 0.1) is 13.2 Å². The Labute approximate surface area is 101 Å². The van der Waals surface area contributed by atoms with Crippen LogP contribution in [0.4, 0.5) is 0 Å². The van der Waals surface area contributed by atoms with E-state index in [0.717, 1.165) is 22.3 Å². The number of methoxy groups -OCH3 is 1. The van der Waals surface area contributed by atoms with Gasteiger partial charge in [-0.15, -0.1) is 0 Å². The second-order valence-corrected chi connectivity index (χ2v) is 4.36. The lowest BCUT2D eigenvalue weighted by atomic mass is 10.1. The Balaban J connectivity index is 2.50. The number of fused-ring (bicyclic) bond motifs is 1. The molecule has 0 aliphatic carbocycles. The number of aromatic nitrogens is 1. The molecule has 0 fully saturated rings. The van der Waals surface area contributed by atoms with Crippen LogP contribution in [0.3, 0.4) is 0 Å². The highest BCUT2D eigenvalue weighted by molar-refractivity contribution is 5.86. The van der Waals surface area contributed by atoms with Crippen LogP contribution in [0.15, 0.2) is 24.3 Å². The van der Waals surface area contributed by atoms with E-state index in [1.54, 1.807) is 7.11 Å². The molecular weight excluding hydrogens is 214 g/mol. The summed E-state index contributed by atoms with van der Waals surface area (Å²) in [7, 11) is 5.74. The number of aromatic amines is 1. The van der Waals surface area contributed by atoms with Crippen molar-refractivity contribution in [3.63, 3.8) is 0 Å². The molecule has 0 radical (unpaired) electrons. The molecule has 1 atom stereocenters. The Morgan fingerprint density at radius 2 is 2.18 bits per heavy atom. The first kappa shape index (κ1) is 12.0.